The minimum atomic E-state index is -0.682. The number of ether oxygens (including phenoxy) is 1. The molecule has 8 heteroatoms. The number of piperazine rings is 1. The molecule has 1 aromatic carbocycles. The fourth-order valence-corrected chi connectivity index (χ4v) is 5.18. The molecule has 0 aromatic heterocycles. The Morgan fingerprint density at radius 1 is 1.06 bits per heavy atom. The van der Waals surface area contributed by atoms with Gasteiger partial charge >= 0.3 is 0 Å². The van der Waals surface area contributed by atoms with Gasteiger partial charge in [0, 0.05) is 78.8 Å². The summed E-state index contributed by atoms with van der Waals surface area (Å²) in [5.74, 6) is 1.26. The van der Waals surface area contributed by atoms with Crippen LogP contribution < -0.4 is 4.74 Å². The molecule has 0 saturated carbocycles. The second-order valence-corrected chi connectivity index (χ2v) is 9.80. The third-order valence-corrected chi connectivity index (χ3v) is 7.09. The quantitative estimate of drug-likeness (QED) is 0.560. The van der Waals surface area contributed by atoms with E-state index in [4.69, 9.17) is 4.74 Å². The van der Waals surface area contributed by atoms with Crippen LogP contribution >= 0.6 is 0 Å². The van der Waals surface area contributed by atoms with Crippen molar-refractivity contribution in [3.8, 4) is 5.75 Å². The lowest BCUT2D eigenvalue weighted by molar-refractivity contribution is -0.131. The Kier molecular flexibility index (Phi) is 7.88. The fourth-order valence-electron chi connectivity index (χ4n) is 5.18. The van der Waals surface area contributed by atoms with Crippen molar-refractivity contribution in [1.29, 1.82) is 0 Å². The molecule has 0 aliphatic carbocycles. The molecule has 4 rings (SSSR count). The van der Waals surface area contributed by atoms with Crippen LogP contribution in [0, 0.1) is 0 Å². The van der Waals surface area contributed by atoms with Gasteiger partial charge in [-0.05, 0) is 37.0 Å². The van der Waals surface area contributed by atoms with Gasteiger partial charge in [-0.3, -0.25) is 19.4 Å². The number of carbonyl (C=O) groups is 2. The van der Waals surface area contributed by atoms with Gasteiger partial charge in [-0.15, -0.1) is 0 Å². The highest BCUT2D eigenvalue weighted by Crippen LogP contribution is 2.25. The normalized spacial score (nSPS) is 24.6. The van der Waals surface area contributed by atoms with Crippen LogP contribution in [0.5, 0.6) is 5.75 Å². The molecule has 0 radical (unpaired) electrons. The lowest BCUT2D eigenvalue weighted by Crippen LogP contribution is -2.53. The molecule has 182 valence electrons. The Morgan fingerprint density at radius 2 is 1.82 bits per heavy atom. The number of aliphatic hydroxyl groups is 1. The number of benzene rings is 1. The first-order valence-corrected chi connectivity index (χ1v) is 12.3. The molecule has 1 atom stereocenters. The molecule has 2 amide bonds. The van der Waals surface area contributed by atoms with E-state index in [2.05, 4.69) is 21.9 Å². The molecule has 3 heterocycles. The van der Waals surface area contributed by atoms with Crippen molar-refractivity contribution >= 4 is 11.8 Å². The van der Waals surface area contributed by atoms with Gasteiger partial charge in [0.05, 0.1) is 12.2 Å². The van der Waals surface area contributed by atoms with Crippen molar-refractivity contribution in [1.82, 2.24) is 19.6 Å². The molecule has 3 saturated heterocycles. The van der Waals surface area contributed by atoms with E-state index in [0.717, 1.165) is 77.4 Å². The van der Waals surface area contributed by atoms with E-state index in [0.29, 0.717) is 26.1 Å². The summed E-state index contributed by atoms with van der Waals surface area (Å²) in [4.78, 5) is 31.6. The van der Waals surface area contributed by atoms with Gasteiger partial charge in [-0.2, -0.15) is 0 Å². The van der Waals surface area contributed by atoms with E-state index in [1.807, 2.05) is 21.9 Å². The lowest BCUT2D eigenvalue weighted by Gasteiger charge is -2.38. The molecule has 0 spiro atoms. The number of rotatable bonds is 9. The number of hydrogen-bond donors (Lipinski definition) is 1. The maximum Gasteiger partial charge on any atom is 0.222 e. The third kappa shape index (κ3) is 6.68. The highest BCUT2D eigenvalue weighted by molar-refractivity contribution is 5.78. The molecule has 1 N–H and O–H groups in total. The van der Waals surface area contributed by atoms with Crippen LogP contribution in [0.25, 0.3) is 0 Å². The minimum absolute atomic E-state index is 0.135. The first-order valence-electron chi connectivity index (χ1n) is 12.3. The zero-order chi connectivity index (χ0) is 23.3. The predicted octanol–water partition coefficient (Wildman–Crippen LogP) is 1.18. The highest BCUT2D eigenvalue weighted by atomic mass is 16.5. The van der Waals surface area contributed by atoms with Gasteiger partial charge in [0.1, 0.15) is 5.75 Å². The average molecular weight is 459 g/mol. The van der Waals surface area contributed by atoms with Crippen LogP contribution in [-0.2, 0) is 16.1 Å². The van der Waals surface area contributed by atoms with Gasteiger partial charge in [0.15, 0.2) is 0 Å². The van der Waals surface area contributed by atoms with Gasteiger partial charge in [-0.1, -0.05) is 12.1 Å². The average Bonchev–Trinajstić information content (AvgIpc) is 3.37. The van der Waals surface area contributed by atoms with Crippen LogP contribution in [0.4, 0.5) is 0 Å². The summed E-state index contributed by atoms with van der Waals surface area (Å²) in [5, 5.41) is 11.1. The molecular formula is C25H38N4O4. The van der Waals surface area contributed by atoms with Crippen molar-refractivity contribution in [3.05, 3.63) is 29.8 Å². The van der Waals surface area contributed by atoms with Gasteiger partial charge in [0.2, 0.25) is 11.8 Å². The van der Waals surface area contributed by atoms with E-state index in [9.17, 15) is 14.7 Å². The Hall–Kier alpha value is -2.16. The second kappa shape index (κ2) is 10.8. The first kappa shape index (κ1) is 24.0. The zero-order valence-electron chi connectivity index (χ0n) is 19.9. The topological polar surface area (TPSA) is 76.6 Å². The number of amides is 2. The smallest absolute Gasteiger partial charge is 0.222 e. The Bertz CT molecular complexity index is 809. The van der Waals surface area contributed by atoms with Gasteiger partial charge < -0.3 is 19.6 Å². The van der Waals surface area contributed by atoms with E-state index in [1.54, 1.807) is 6.92 Å². The predicted molar refractivity (Wildman–Crippen MR) is 126 cm³/mol. The lowest BCUT2D eigenvalue weighted by atomic mass is 10.0. The molecule has 1 aromatic rings. The van der Waals surface area contributed by atoms with Crippen molar-refractivity contribution in [2.75, 3.05) is 65.5 Å². The molecule has 3 aliphatic heterocycles. The molecular weight excluding hydrogens is 420 g/mol. The van der Waals surface area contributed by atoms with Gasteiger partial charge in [0.25, 0.3) is 0 Å². The van der Waals surface area contributed by atoms with Crippen molar-refractivity contribution < 1.29 is 19.4 Å². The SMILES string of the molecule is CC(=O)N1CCN(CC2(O)CCN(Cc3ccc(OCCCN4CCCC4=O)cc3)C2)CC1. The van der Waals surface area contributed by atoms with Crippen LogP contribution in [0.3, 0.4) is 0 Å². The number of β-amino-alcohol motifs (C(OH)–C–C–N with tert-alkyl or cyclic N) is 1. The summed E-state index contributed by atoms with van der Waals surface area (Å²) in [5.41, 5.74) is 0.530. The minimum Gasteiger partial charge on any atom is -0.494 e. The molecule has 0 bridgehead atoms. The highest BCUT2D eigenvalue weighted by Gasteiger charge is 2.38. The second-order valence-electron chi connectivity index (χ2n) is 9.80. The number of carbonyl (C=O) groups excluding carboxylic acids is 2. The molecule has 33 heavy (non-hydrogen) atoms. The summed E-state index contributed by atoms with van der Waals surface area (Å²) in [6, 6.07) is 8.20. The number of likely N-dealkylation sites (tertiary alicyclic amines) is 2. The number of nitrogens with zero attached hydrogens (tertiary/aromatic N) is 4. The summed E-state index contributed by atoms with van der Waals surface area (Å²) < 4.78 is 5.84. The third-order valence-electron chi connectivity index (χ3n) is 7.09. The van der Waals surface area contributed by atoms with E-state index in [-0.39, 0.29) is 11.8 Å². The van der Waals surface area contributed by atoms with Crippen molar-refractivity contribution in [2.24, 2.45) is 0 Å². The van der Waals surface area contributed by atoms with Crippen LogP contribution in [0.1, 0.15) is 38.2 Å². The van der Waals surface area contributed by atoms with E-state index >= 15 is 0 Å². The van der Waals surface area contributed by atoms with Crippen LogP contribution in [-0.4, -0.2) is 108 Å². The van der Waals surface area contributed by atoms with E-state index in [1.165, 1.54) is 5.56 Å². The molecule has 3 fully saturated rings. The Morgan fingerprint density at radius 3 is 2.48 bits per heavy atom. The van der Waals surface area contributed by atoms with Gasteiger partial charge in [-0.25, -0.2) is 0 Å². The van der Waals surface area contributed by atoms with Crippen LogP contribution in [0.2, 0.25) is 0 Å². The summed E-state index contributed by atoms with van der Waals surface area (Å²) in [6.45, 7) is 10.1. The summed E-state index contributed by atoms with van der Waals surface area (Å²) in [6.07, 6.45) is 3.30. The van der Waals surface area contributed by atoms with Crippen molar-refractivity contribution in [3.63, 3.8) is 0 Å². The Labute approximate surface area is 197 Å². The first-order chi connectivity index (χ1) is 15.9. The molecule has 8 nitrogen and oxygen atoms in total. The standard InChI is InChI=1S/C25H38N4O4/c1-21(30)28-15-13-26(14-16-28)19-25(32)9-12-27(20-25)18-22-5-7-23(8-6-22)33-17-3-11-29-10-2-4-24(29)31/h5-8,32H,2-4,9-20H2,1H3. The van der Waals surface area contributed by atoms with E-state index < -0.39 is 5.60 Å². The summed E-state index contributed by atoms with van der Waals surface area (Å²) >= 11 is 0. The maximum atomic E-state index is 11.6. The van der Waals surface area contributed by atoms with Crippen molar-refractivity contribution in [2.45, 2.75) is 44.8 Å². The Balaban J connectivity index is 1.16. The molecule has 1 unspecified atom stereocenters. The number of hydrogen-bond acceptors (Lipinski definition) is 6. The van der Waals surface area contributed by atoms with Crippen LogP contribution in [0.15, 0.2) is 24.3 Å². The fraction of sp³-hybridized carbons (Fsp3) is 0.680. The zero-order valence-corrected chi connectivity index (χ0v) is 19.9. The molecule has 3 aliphatic rings. The maximum absolute atomic E-state index is 11.6. The monoisotopic (exact) mass is 458 g/mol. The summed E-state index contributed by atoms with van der Waals surface area (Å²) in [7, 11) is 0. The largest absolute Gasteiger partial charge is 0.494 e.